The van der Waals surface area contributed by atoms with Gasteiger partial charge in [-0.25, -0.2) is 4.79 Å². The van der Waals surface area contributed by atoms with Gasteiger partial charge >= 0.3 is 5.97 Å². The van der Waals surface area contributed by atoms with Gasteiger partial charge in [0.15, 0.2) is 0 Å². The van der Waals surface area contributed by atoms with Gasteiger partial charge in [-0.05, 0) is 24.1 Å². The molecule has 0 bridgehead atoms. The molecule has 4 heteroatoms. The highest BCUT2D eigenvalue weighted by molar-refractivity contribution is 6.17. The van der Waals surface area contributed by atoms with Crippen molar-refractivity contribution in [2.75, 3.05) is 20.8 Å². The Morgan fingerprint density at radius 2 is 1.94 bits per heavy atom. The SMILES string of the molecule is COC(=O)/C(=C1\CCCO1)c1ccc(OC)cc1. The lowest BCUT2D eigenvalue weighted by molar-refractivity contribution is -0.133. The minimum atomic E-state index is -0.364. The fourth-order valence-electron chi connectivity index (χ4n) is 1.95. The second kappa shape index (κ2) is 5.58. The van der Waals surface area contributed by atoms with E-state index in [4.69, 9.17) is 14.2 Å². The Hall–Kier alpha value is -1.97. The summed E-state index contributed by atoms with van der Waals surface area (Å²) >= 11 is 0. The highest BCUT2D eigenvalue weighted by Gasteiger charge is 2.22. The van der Waals surface area contributed by atoms with Gasteiger partial charge in [-0.3, -0.25) is 0 Å². The van der Waals surface area contributed by atoms with E-state index in [-0.39, 0.29) is 5.97 Å². The first-order valence-corrected chi connectivity index (χ1v) is 5.85. The number of carbonyl (C=O) groups is 1. The number of esters is 1. The summed E-state index contributed by atoms with van der Waals surface area (Å²) in [6.45, 7) is 0.659. The molecule has 1 aliphatic rings. The number of carbonyl (C=O) groups excluding carboxylic acids is 1. The number of hydrogen-bond donors (Lipinski definition) is 0. The fourth-order valence-corrected chi connectivity index (χ4v) is 1.95. The van der Waals surface area contributed by atoms with E-state index in [1.54, 1.807) is 7.11 Å². The van der Waals surface area contributed by atoms with Crippen molar-refractivity contribution in [1.82, 2.24) is 0 Å². The Balaban J connectivity index is 2.39. The van der Waals surface area contributed by atoms with Gasteiger partial charge in [-0.15, -0.1) is 0 Å². The standard InChI is InChI=1S/C14H16O4/c1-16-11-7-5-10(6-8-11)13(14(15)17-2)12-4-3-9-18-12/h5-8H,3-4,9H2,1-2H3/b13-12+. The molecule has 0 amide bonds. The average Bonchev–Trinajstić information content (AvgIpc) is 2.93. The number of hydrogen-bond acceptors (Lipinski definition) is 4. The molecule has 1 heterocycles. The second-order valence-corrected chi connectivity index (χ2v) is 3.97. The summed E-state index contributed by atoms with van der Waals surface area (Å²) in [4.78, 5) is 11.9. The molecule has 0 spiro atoms. The molecule has 0 atom stereocenters. The first-order valence-electron chi connectivity index (χ1n) is 5.85. The number of ether oxygens (including phenoxy) is 3. The minimum Gasteiger partial charge on any atom is -0.497 e. The minimum absolute atomic E-state index is 0.364. The van der Waals surface area contributed by atoms with E-state index < -0.39 is 0 Å². The van der Waals surface area contributed by atoms with Crippen LogP contribution in [-0.4, -0.2) is 26.8 Å². The number of rotatable bonds is 3. The first kappa shape index (κ1) is 12.5. The molecule has 0 saturated carbocycles. The number of benzene rings is 1. The van der Waals surface area contributed by atoms with Crippen LogP contribution in [0.25, 0.3) is 5.57 Å². The van der Waals surface area contributed by atoms with Gasteiger partial charge in [0.25, 0.3) is 0 Å². The zero-order chi connectivity index (χ0) is 13.0. The van der Waals surface area contributed by atoms with Gasteiger partial charge in [-0.2, -0.15) is 0 Å². The van der Waals surface area contributed by atoms with Crippen LogP contribution in [-0.2, 0) is 14.3 Å². The van der Waals surface area contributed by atoms with Crippen LogP contribution in [0.15, 0.2) is 30.0 Å². The van der Waals surface area contributed by atoms with E-state index in [1.165, 1.54) is 7.11 Å². The van der Waals surface area contributed by atoms with Gasteiger partial charge in [0.2, 0.25) is 0 Å². The molecule has 1 saturated heterocycles. The van der Waals surface area contributed by atoms with Crippen molar-refractivity contribution in [2.24, 2.45) is 0 Å². The Morgan fingerprint density at radius 1 is 1.22 bits per heavy atom. The summed E-state index contributed by atoms with van der Waals surface area (Å²) < 4.78 is 15.4. The van der Waals surface area contributed by atoms with E-state index >= 15 is 0 Å². The Morgan fingerprint density at radius 3 is 2.44 bits per heavy atom. The largest absolute Gasteiger partial charge is 0.497 e. The van der Waals surface area contributed by atoms with Gasteiger partial charge in [-0.1, -0.05) is 12.1 Å². The summed E-state index contributed by atoms with van der Waals surface area (Å²) in [6, 6.07) is 7.29. The molecule has 1 aromatic rings. The van der Waals surface area contributed by atoms with E-state index in [0.717, 1.165) is 24.2 Å². The van der Waals surface area contributed by atoms with Crippen molar-refractivity contribution < 1.29 is 19.0 Å². The zero-order valence-electron chi connectivity index (χ0n) is 10.6. The van der Waals surface area contributed by atoms with Crippen molar-refractivity contribution in [2.45, 2.75) is 12.8 Å². The predicted octanol–water partition coefficient (Wildman–Crippen LogP) is 2.39. The van der Waals surface area contributed by atoms with Gasteiger partial charge in [0.05, 0.1) is 20.8 Å². The van der Waals surface area contributed by atoms with Crippen molar-refractivity contribution in [3.8, 4) is 5.75 Å². The molecule has 18 heavy (non-hydrogen) atoms. The Kier molecular flexibility index (Phi) is 3.87. The predicted molar refractivity (Wildman–Crippen MR) is 67.1 cm³/mol. The van der Waals surface area contributed by atoms with Crippen LogP contribution >= 0.6 is 0 Å². The smallest absolute Gasteiger partial charge is 0.341 e. The van der Waals surface area contributed by atoms with Crippen LogP contribution in [0, 0.1) is 0 Å². The summed E-state index contributed by atoms with van der Waals surface area (Å²) in [7, 11) is 2.98. The van der Waals surface area contributed by atoms with Crippen molar-refractivity contribution in [3.05, 3.63) is 35.6 Å². The molecule has 1 aromatic carbocycles. The van der Waals surface area contributed by atoms with Crippen molar-refractivity contribution >= 4 is 11.5 Å². The molecular weight excluding hydrogens is 232 g/mol. The van der Waals surface area contributed by atoms with Crippen LogP contribution in [0.4, 0.5) is 0 Å². The average molecular weight is 248 g/mol. The van der Waals surface area contributed by atoms with Crippen LogP contribution in [0.5, 0.6) is 5.75 Å². The monoisotopic (exact) mass is 248 g/mol. The van der Waals surface area contributed by atoms with E-state index in [0.29, 0.717) is 17.9 Å². The molecule has 0 aromatic heterocycles. The van der Waals surface area contributed by atoms with Gasteiger partial charge < -0.3 is 14.2 Å². The van der Waals surface area contributed by atoms with Crippen LogP contribution < -0.4 is 4.74 Å². The van der Waals surface area contributed by atoms with Crippen molar-refractivity contribution in [1.29, 1.82) is 0 Å². The molecule has 96 valence electrons. The molecule has 1 fully saturated rings. The molecule has 2 rings (SSSR count). The van der Waals surface area contributed by atoms with Crippen molar-refractivity contribution in [3.63, 3.8) is 0 Å². The van der Waals surface area contributed by atoms with E-state index in [9.17, 15) is 4.79 Å². The molecular formula is C14H16O4. The maximum Gasteiger partial charge on any atom is 0.341 e. The zero-order valence-corrected chi connectivity index (χ0v) is 10.6. The topological polar surface area (TPSA) is 44.8 Å². The summed E-state index contributed by atoms with van der Waals surface area (Å²) in [5.74, 6) is 1.10. The molecule has 0 aliphatic carbocycles. The quantitative estimate of drug-likeness (QED) is 0.608. The lowest BCUT2D eigenvalue weighted by atomic mass is 10.0. The third kappa shape index (κ3) is 2.47. The third-order valence-electron chi connectivity index (χ3n) is 2.87. The molecule has 0 unspecified atom stereocenters. The summed E-state index contributed by atoms with van der Waals surface area (Å²) in [5, 5.41) is 0. The Labute approximate surface area is 106 Å². The van der Waals surface area contributed by atoms with Gasteiger partial charge in [0, 0.05) is 6.42 Å². The molecule has 1 aliphatic heterocycles. The first-order chi connectivity index (χ1) is 8.76. The normalized spacial score (nSPS) is 17.0. The van der Waals surface area contributed by atoms with E-state index in [1.807, 2.05) is 24.3 Å². The highest BCUT2D eigenvalue weighted by atomic mass is 16.5. The van der Waals surface area contributed by atoms with Crippen LogP contribution in [0.2, 0.25) is 0 Å². The lowest BCUT2D eigenvalue weighted by Crippen LogP contribution is -2.07. The molecule has 0 N–H and O–H groups in total. The molecule has 0 radical (unpaired) electrons. The summed E-state index contributed by atoms with van der Waals surface area (Å²) in [6.07, 6.45) is 1.71. The Bertz CT molecular complexity index is 451. The number of methoxy groups -OCH3 is 2. The van der Waals surface area contributed by atoms with E-state index in [2.05, 4.69) is 0 Å². The van der Waals surface area contributed by atoms with Crippen LogP contribution in [0.3, 0.4) is 0 Å². The number of allylic oxidation sites excluding steroid dienone is 1. The summed E-state index contributed by atoms with van der Waals surface area (Å²) in [5.41, 5.74) is 1.30. The molecule has 4 nitrogen and oxygen atoms in total. The second-order valence-electron chi connectivity index (χ2n) is 3.97. The fraction of sp³-hybridized carbons (Fsp3) is 0.357. The van der Waals surface area contributed by atoms with Crippen LogP contribution in [0.1, 0.15) is 18.4 Å². The lowest BCUT2D eigenvalue weighted by Gasteiger charge is -2.10. The van der Waals surface area contributed by atoms with Gasteiger partial charge in [0.1, 0.15) is 17.1 Å². The maximum absolute atomic E-state index is 11.9. The third-order valence-corrected chi connectivity index (χ3v) is 2.87. The maximum atomic E-state index is 11.9. The highest BCUT2D eigenvalue weighted by Crippen LogP contribution is 2.29.